The van der Waals surface area contributed by atoms with Crippen LogP contribution in [0.1, 0.15) is 73.5 Å². The minimum atomic E-state index is -0.377. The predicted octanol–water partition coefficient (Wildman–Crippen LogP) is 1.95. The van der Waals surface area contributed by atoms with Gasteiger partial charge in [0.05, 0.1) is 35.5 Å². The van der Waals surface area contributed by atoms with E-state index in [0.29, 0.717) is 90.1 Å². The molecule has 0 saturated carbocycles. The number of ether oxygens (including phenoxy) is 1. The third-order valence-electron chi connectivity index (χ3n) is 13.2. The molecule has 6 aliphatic heterocycles. The summed E-state index contributed by atoms with van der Waals surface area (Å²) in [6, 6.07) is 3.60. The van der Waals surface area contributed by atoms with Crippen LogP contribution in [0, 0.1) is 0 Å². The Morgan fingerprint density at radius 2 is 0.897 bits per heavy atom. The number of benzene rings is 2. The number of morpholine rings is 1. The molecule has 6 aliphatic rings. The van der Waals surface area contributed by atoms with Crippen molar-refractivity contribution in [3.63, 3.8) is 0 Å². The molecule has 8 rings (SSSR count). The van der Waals surface area contributed by atoms with Gasteiger partial charge in [0.2, 0.25) is 0 Å². The van der Waals surface area contributed by atoms with Crippen LogP contribution in [-0.4, -0.2) is 221 Å². The average Bonchev–Trinajstić information content (AvgIpc) is 3.24. The summed E-state index contributed by atoms with van der Waals surface area (Å²) in [5, 5.41) is 7.99. The van der Waals surface area contributed by atoms with Gasteiger partial charge in [-0.25, -0.2) is 0 Å². The zero-order chi connectivity index (χ0) is 40.2. The van der Waals surface area contributed by atoms with Crippen LogP contribution in [0.3, 0.4) is 0 Å². The minimum Gasteiger partial charge on any atom is -0.383 e. The number of anilines is 2. The number of amides is 4. The van der Waals surface area contributed by atoms with Gasteiger partial charge in [-0.05, 0) is 71.5 Å². The summed E-state index contributed by atoms with van der Waals surface area (Å²) in [5.41, 5.74) is 2.60. The van der Waals surface area contributed by atoms with E-state index in [2.05, 4.69) is 54.1 Å². The molecule has 15 nitrogen and oxygen atoms in total. The Morgan fingerprint density at radius 1 is 0.483 bits per heavy atom. The van der Waals surface area contributed by atoms with Crippen molar-refractivity contribution < 1.29 is 23.9 Å². The van der Waals surface area contributed by atoms with Gasteiger partial charge in [0.1, 0.15) is 0 Å². The van der Waals surface area contributed by atoms with Gasteiger partial charge >= 0.3 is 0 Å². The van der Waals surface area contributed by atoms with Crippen LogP contribution in [0.15, 0.2) is 12.1 Å². The fourth-order valence-electron chi connectivity index (χ4n) is 9.60. The molecule has 0 bridgehead atoms. The van der Waals surface area contributed by atoms with E-state index in [1.54, 1.807) is 12.1 Å². The van der Waals surface area contributed by atoms with Crippen LogP contribution < -0.4 is 10.6 Å². The lowest BCUT2D eigenvalue weighted by atomic mass is 9.83. The summed E-state index contributed by atoms with van der Waals surface area (Å²) in [7, 11) is 4.28. The first-order chi connectivity index (χ1) is 28.3. The number of piperazine rings is 2. The molecule has 4 amide bonds. The van der Waals surface area contributed by atoms with E-state index in [-0.39, 0.29) is 30.2 Å². The second-order valence-electron chi connectivity index (χ2n) is 17.2. The first-order valence-corrected chi connectivity index (χ1v) is 22.0. The largest absolute Gasteiger partial charge is 0.383 e. The van der Waals surface area contributed by atoms with Gasteiger partial charge < -0.3 is 30.1 Å². The Hall–Kier alpha value is -3.70. The van der Waals surface area contributed by atoms with Gasteiger partial charge in [0.15, 0.2) is 0 Å². The number of nitrogens with zero attached hydrogens (tertiary/aromatic N) is 8. The van der Waals surface area contributed by atoms with E-state index in [9.17, 15) is 19.2 Å². The number of nitrogens with one attached hydrogen (secondary N) is 2. The average molecular weight is 801 g/mol. The topological polar surface area (TPSA) is 127 Å². The lowest BCUT2D eigenvalue weighted by molar-refractivity contribution is 0.0352. The Labute approximate surface area is 343 Å². The number of likely N-dealkylation sites (tertiary alicyclic amines) is 1. The standard InChI is InChI=1S/C43H64N10O5/c1-46-18-22-50(23-19-46)16-8-44-34-31-33-37-36-32(40(54)52(42(56)38(34)36)14-6-12-48-10-4-3-5-11-48)30-35(45-9-17-51-24-20-47(2)21-25-51)39(37)43(57)53(41(33)55)15-7-13-49-26-28-58-29-27-49/h30-31,44-45H,3-29H2,1-2H3. The van der Waals surface area contributed by atoms with Crippen molar-refractivity contribution in [2.75, 3.05) is 169 Å². The van der Waals surface area contributed by atoms with Crippen LogP contribution in [0.2, 0.25) is 0 Å². The highest BCUT2D eigenvalue weighted by atomic mass is 16.5. The normalized spacial score (nSPS) is 22.1. The Kier molecular flexibility index (Phi) is 13.2. The molecule has 58 heavy (non-hydrogen) atoms. The molecule has 2 aromatic rings. The van der Waals surface area contributed by atoms with E-state index in [4.69, 9.17) is 4.74 Å². The second-order valence-corrected chi connectivity index (χ2v) is 17.2. The lowest BCUT2D eigenvalue weighted by Gasteiger charge is -2.36. The molecule has 0 aliphatic carbocycles. The molecule has 4 saturated heterocycles. The summed E-state index contributed by atoms with van der Waals surface area (Å²) in [5.74, 6) is -1.48. The molecule has 0 unspecified atom stereocenters. The number of carbonyl (C=O) groups is 4. The zero-order valence-electron chi connectivity index (χ0n) is 34.9. The maximum Gasteiger partial charge on any atom is 0.263 e. The van der Waals surface area contributed by atoms with E-state index >= 15 is 0 Å². The third kappa shape index (κ3) is 8.91. The predicted molar refractivity (Wildman–Crippen MR) is 226 cm³/mol. The number of likely N-dealkylation sites (N-methyl/N-ethyl adjacent to an activating group) is 2. The van der Waals surface area contributed by atoms with Crippen molar-refractivity contribution >= 4 is 45.8 Å². The van der Waals surface area contributed by atoms with Crippen molar-refractivity contribution in [1.82, 2.24) is 39.2 Å². The smallest absolute Gasteiger partial charge is 0.263 e. The first-order valence-electron chi connectivity index (χ1n) is 22.0. The molecule has 15 heteroatoms. The van der Waals surface area contributed by atoms with Crippen LogP contribution >= 0.6 is 0 Å². The fourth-order valence-corrected chi connectivity index (χ4v) is 9.60. The SMILES string of the molecule is CN1CCN(CCNc2cc3c4c(c(NCCN5CCN(C)CC5)cc5c4c2C(=O)N(CCCN2CCCCC2)C5=O)C(=O)N(CCCN2CCOCC2)C3=O)CC1. The van der Waals surface area contributed by atoms with Crippen LogP contribution in [-0.2, 0) is 4.74 Å². The maximum atomic E-state index is 14.7. The van der Waals surface area contributed by atoms with Crippen LogP contribution in [0.4, 0.5) is 11.4 Å². The van der Waals surface area contributed by atoms with Crippen LogP contribution in [0.5, 0.6) is 0 Å². The number of imide groups is 2. The van der Waals surface area contributed by atoms with Gasteiger partial charge in [-0.2, -0.15) is 0 Å². The highest BCUT2D eigenvalue weighted by Crippen LogP contribution is 2.44. The first kappa shape index (κ1) is 41.1. The maximum absolute atomic E-state index is 14.7. The third-order valence-corrected chi connectivity index (χ3v) is 13.2. The van der Waals surface area contributed by atoms with Gasteiger partial charge in [-0.15, -0.1) is 0 Å². The molecule has 0 spiro atoms. The van der Waals surface area contributed by atoms with Crippen LogP contribution in [0.25, 0.3) is 10.8 Å². The van der Waals surface area contributed by atoms with E-state index in [1.807, 2.05) is 0 Å². The Bertz CT molecular complexity index is 1700. The quantitative estimate of drug-likeness (QED) is 0.241. The molecule has 2 N–H and O–H groups in total. The molecule has 0 radical (unpaired) electrons. The summed E-state index contributed by atoms with van der Waals surface area (Å²) >= 11 is 0. The molecular weight excluding hydrogens is 737 g/mol. The van der Waals surface area contributed by atoms with E-state index in [1.165, 1.54) is 29.1 Å². The summed E-state index contributed by atoms with van der Waals surface area (Å²) in [4.78, 5) is 75.7. The molecule has 4 fully saturated rings. The monoisotopic (exact) mass is 801 g/mol. The van der Waals surface area contributed by atoms with E-state index < -0.39 is 0 Å². The fraction of sp³-hybridized carbons (Fsp3) is 0.674. The van der Waals surface area contributed by atoms with Crippen molar-refractivity contribution in [2.45, 2.75) is 32.1 Å². The van der Waals surface area contributed by atoms with E-state index in [0.717, 1.165) is 105 Å². The number of hydrogen-bond donors (Lipinski definition) is 2. The van der Waals surface area contributed by atoms with Crippen molar-refractivity contribution in [1.29, 1.82) is 0 Å². The number of piperidine rings is 1. The summed E-state index contributed by atoms with van der Waals surface area (Å²) in [6.45, 7) is 17.8. The summed E-state index contributed by atoms with van der Waals surface area (Å²) < 4.78 is 5.53. The lowest BCUT2D eigenvalue weighted by Crippen LogP contribution is -2.46. The highest BCUT2D eigenvalue weighted by Gasteiger charge is 2.43. The van der Waals surface area contributed by atoms with Crippen molar-refractivity contribution in [3.8, 4) is 0 Å². The molecule has 0 atom stereocenters. The number of carbonyl (C=O) groups excluding carboxylic acids is 4. The highest BCUT2D eigenvalue weighted by molar-refractivity contribution is 6.36. The minimum absolute atomic E-state index is 0.273. The molecule has 316 valence electrons. The van der Waals surface area contributed by atoms with Gasteiger partial charge in [0.25, 0.3) is 23.6 Å². The zero-order valence-corrected chi connectivity index (χ0v) is 34.9. The number of rotatable bonds is 16. The van der Waals surface area contributed by atoms with Crippen molar-refractivity contribution in [3.05, 3.63) is 34.4 Å². The number of hydrogen-bond acceptors (Lipinski definition) is 13. The van der Waals surface area contributed by atoms with Gasteiger partial charge in [0, 0.05) is 133 Å². The van der Waals surface area contributed by atoms with Gasteiger partial charge in [-0.1, -0.05) is 6.42 Å². The second kappa shape index (κ2) is 18.7. The van der Waals surface area contributed by atoms with Crippen molar-refractivity contribution in [2.24, 2.45) is 0 Å². The molecule has 0 aromatic heterocycles. The van der Waals surface area contributed by atoms with Gasteiger partial charge in [-0.3, -0.25) is 43.7 Å². The Balaban J connectivity index is 1.14. The molecular formula is C43H64N10O5. The Morgan fingerprint density at radius 3 is 1.34 bits per heavy atom. The molecule has 6 heterocycles. The molecule has 2 aromatic carbocycles. The summed E-state index contributed by atoms with van der Waals surface area (Å²) in [6.07, 6.45) is 4.93.